The number of alkyl halides is 3. The van der Waals surface area contributed by atoms with Crippen LogP contribution in [0.25, 0.3) is 11.2 Å². The van der Waals surface area contributed by atoms with Gasteiger partial charge in [0.15, 0.2) is 11.2 Å². The molecule has 2 aromatic rings. The average Bonchev–Trinajstić information content (AvgIpc) is 2.81. The van der Waals surface area contributed by atoms with E-state index in [1.807, 2.05) is 0 Å². The van der Waals surface area contributed by atoms with Crippen LogP contribution in [0.5, 0.6) is 5.88 Å². The summed E-state index contributed by atoms with van der Waals surface area (Å²) in [6.45, 7) is -0.0945. The van der Waals surface area contributed by atoms with Gasteiger partial charge in [0.1, 0.15) is 18.8 Å². The average molecular weight is 321 g/mol. The first-order valence-corrected chi connectivity index (χ1v) is 6.86. The number of hydrogen-bond acceptors (Lipinski definition) is 5. The topological polar surface area (TPSA) is 62.1 Å². The molecule has 0 saturated heterocycles. The lowest BCUT2D eigenvalue weighted by molar-refractivity contribution is 0.0148. The van der Waals surface area contributed by atoms with Gasteiger partial charge in [0.2, 0.25) is 5.88 Å². The van der Waals surface area contributed by atoms with Crippen molar-refractivity contribution in [2.75, 3.05) is 26.2 Å². The number of aromatic nitrogens is 4. The van der Waals surface area contributed by atoms with Crippen molar-refractivity contribution in [3.8, 4) is 5.88 Å². The fraction of sp³-hybridized carbons (Fsp3) is 0.583. The summed E-state index contributed by atoms with van der Waals surface area (Å²) in [4.78, 5) is 12.6. The number of imidazole rings is 1. The number of halogens is 3. The van der Waals surface area contributed by atoms with E-state index in [1.54, 1.807) is 4.57 Å². The predicted octanol–water partition coefficient (Wildman–Crippen LogP) is 1.90. The van der Waals surface area contributed by atoms with E-state index in [-0.39, 0.29) is 6.61 Å². The summed E-state index contributed by atoms with van der Waals surface area (Å²) < 4.78 is 35.9. The summed E-state index contributed by atoms with van der Waals surface area (Å²) in [5, 5.41) is 0. The van der Waals surface area contributed by atoms with Crippen molar-refractivity contribution in [1.29, 1.82) is 0 Å². The highest BCUT2D eigenvalue weighted by atomic mass is 35.5. The third-order valence-electron chi connectivity index (χ3n) is 2.79. The van der Waals surface area contributed by atoms with Crippen molar-refractivity contribution in [3.63, 3.8) is 0 Å². The molecule has 0 saturated carbocycles. The number of aryl methyl sites for hydroxylation is 1. The molecule has 0 aliphatic carbocycles. The fourth-order valence-corrected chi connectivity index (χ4v) is 2.12. The lowest BCUT2D eigenvalue weighted by Crippen LogP contribution is -2.13. The van der Waals surface area contributed by atoms with E-state index in [9.17, 15) is 8.78 Å². The van der Waals surface area contributed by atoms with Gasteiger partial charge in [-0.1, -0.05) is 0 Å². The highest BCUT2D eigenvalue weighted by Gasteiger charge is 2.16. The molecule has 2 rings (SSSR count). The van der Waals surface area contributed by atoms with Crippen LogP contribution < -0.4 is 4.74 Å². The Hall–Kier alpha value is -1.54. The third kappa shape index (κ3) is 3.76. The monoisotopic (exact) mass is 320 g/mol. The molecule has 6 nitrogen and oxygen atoms in total. The van der Waals surface area contributed by atoms with Crippen LogP contribution in [-0.4, -0.2) is 52.1 Å². The van der Waals surface area contributed by atoms with Crippen LogP contribution in [0.1, 0.15) is 5.82 Å². The van der Waals surface area contributed by atoms with Gasteiger partial charge < -0.3 is 14.0 Å². The van der Waals surface area contributed by atoms with Crippen molar-refractivity contribution in [3.05, 3.63) is 12.2 Å². The number of nitrogens with zero attached hydrogens (tertiary/aromatic N) is 4. The number of rotatable bonds is 8. The molecule has 2 aromatic heterocycles. The van der Waals surface area contributed by atoms with Crippen molar-refractivity contribution in [2.45, 2.75) is 19.4 Å². The summed E-state index contributed by atoms with van der Waals surface area (Å²) >= 11 is 5.76. The standard InChI is InChI=1S/C12H15ClF2N4O2/c1-20-12-10-11(16-7-17-12)19(9(18-10)2-3-13)4-5-21-6-8(14)15/h7-8H,2-6H2,1H3. The lowest BCUT2D eigenvalue weighted by atomic mass is 10.4. The summed E-state index contributed by atoms with van der Waals surface area (Å²) in [5.74, 6) is 1.44. The number of fused-ring (bicyclic) bond motifs is 1. The predicted molar refractivity (Wildman–Crippen MR) is 73.1 cm³/mol. The summed E-state index contributed by atoms with van der Waals surface area (Å²) in [7, 11) is 1.49. The first-order chi connectivity index (χ1) is 10.2. The molecule has 9 heteroatoms. The maximum Gasteiger partial charge on any atom is 0.261 e. The summed E-state index contributed by atoms with van der Waals surface area (Å²) in [6.07, 6.45) is -0.589. The van der Waals surface area contributed by atoms with Gasteiger partial charge >= 0.3 is 0 Å². The van der Waals surface area contributed by atoms with Gasteiger partial charge in [0.25, 0.3) is 6.43 Å². The van der Waals surface area contributed by atoms with Gasteiger partial charge in [-0.2, -0.15) is 4.98 Å². The first-order valence-electron chi connectivity index (χ1n) is 6.33. The van der Waals surface area contributed by atoms with Crippen LogP contribution in [0.2, 0.25) is 0 Å². The highest BCUT2D eigenvalue weighted by molar-refractivity contribution is 6.17. The van der Waals surface area contributed by atoms with Gasteiger partial charge in [0.05, 0.1) is 13.7 Å². The van der Waals surface area contributed by atoms with Gasteiger partial charge in [-0.3, -0.25) is 0 Å². The van der Waals surface area contributed by atoms with Crippen LogP contribution in [0.3, 0.4) is 0 Å². The van der Waals surface area contributed by atoms with Crippen molar-refractivity contribution in [2.24, 2.45) is 0 Å². The normalized spacial score (nSPS) is 11.5. The van der Waals surface area contributed by atoms with Gasteiger partial charge in [-0.05, 0) is 0 Å². The minimum absolute atomic E-state index is 0.136. The molecule has 2 heterocycles. The van der Waals surface area contributed by atoms with Crippen molar-refractivity contribution in [1.82, 2.24) is 19.5 Å². The van der Waals surface area contributed by atoms with Crippen LogP contribution in [-0.2, 0) is 17.7 Å². The molecule has 0 amide bonds. The van der Waals surface area contributed by atoms with Gasteiger partial charge in [0, 0.05) is 18.8 Å². The van der Waals surface area contributed by atoms with Crippen LogP contribution in [0, 0.1) is 0 Å². The van der Waals surface area contributed by atoms with Gasteiger partial charge in [-0.15, -0.1) is 11.6 Å². The maximum atomic E-state index is 12.1. The quantitative estimate of drug-likeness (QED) is 0.549. The Bertz CT molecular complexity index is 594. The maximum absolute atomic E-state index is 12.1. The SMILES string of the molecule is COc1ncnc2c1nc(CCCl)n2CCOCC(F)F. The van der Waals surface area contributed by atoms with E-state index >= 15 is 0 Å². The van der Waals surface area contributed by atoms with E-state index in [1.165, 1.54) is 13.4 Å². The minimum Gasteiger partial charge on any atom is -0.479 e. The minimum atomic E-state index is -2.48. The molecule has 0 atom stereocenters. The number of hydrogen-bond donors (Lipinski definition) is 0. The number of ether oxygens (including phenoxy) is 2. The second kappa shape index (κ2) is 7.46. The van der Waals surface area contributed by atoms with E-state index in [0.29, 0.717) is 41.7 Å². The van der Waals surface area contributed by atoms with E-state index in [0.717, 1.165) is 0 Å². The third-order valence-corrected chi connectivity index (χ3v) is 2.98. The fourth-order valence-electron chi connectivity index (χ4n) is 1.95. The Morgan fingerprint density at radius 1 is 1.38 bits per heavy atom. The van der Waals surface area contributed by atoms with E-state index < -0.39 is 13.0 Å². The van der Waals surface area contributed by atoms with Gasteiger partial charge in [-0.25, -0.2) is 18.7 Å². The molecular formula is C12H15ClF2N4O2. The number of methoxy groups -OCH3 is 1. The molecular weight excluding hydrogens is 306 g/mol. The highest BCUT2D eigenvalue weighted by Crippen LogP contribution is 2.22. The molecule has 0 spiro atoms. The smallest absolute Gasteiger partial charge is 0.261 e. The summed E-state index contributed by atoms with van der Waals surface area (Å²) in [5.41, 5.74) is 1.09. The molecule has 116 valence electrons. The molecule has 0 radical (unpaired) electrons. The molecule has 0 aliphatic rings. The molecule has 21 heavy (non-hydrogen) atoms. The molecule has 0 unspecified atom stereocenters. The Labute approximate surface area is 125 Å². The van der Waals surface area contributed by atoms with Crippen LogP contribution >= 0.6 is 11.6 Å². The molecule has 0 N–H and O–H groups in total. The second-order valence-corrected chi connectivity index (χ2v) is 4.52. The second-order valence-electron chi connectivity index (χ2n) is 4.14. The van der Waals surface area contributed by atoms with Crippen molar-refractivity contribution < 1.29 is 18.3 Å². The molecule has 0 bridgehead atoms. The Kier molecular flexibility index (Phi) is 5.63. The Morgan fingerprint density at radius 3 is 2.86 bits per heavy atom. The summed E-state index contributed by atoms with van der Waals surface area (Å²) in [6, 6.07) is 0. The van der Waals surface area contributed by atoms with Crippen molar-refractivity contribution >= 4 is 22.8 Å². The zero-order valence-corrected chi connectivity index (χ0v) is 12.2. The van der Waals surface area contributed by atoms with Crippen LogP contribution in [0.4, 0.5) is 8.78 Å². The zero-order valence-electron chi connectivity index (χ0n) is 11.4. The molecule has 0 aliphatic heterocycles. The Morgan fingerprint density at radius 2 is 2.19 bits per heavy atom. The van der Waals surface area contributed by atoms with Crippen LogP contribution in [0.15, 0.2) is 6.33 Å². The lowest BCUT2D eigenvalue weighted by Gasteiger charge is -2.08. The Balaban J connectivity index is 2.24. The zero-order chi connectivity index (χ0) is 15.2. The van der Waals surface area contributed by atoms with E-state index in [2.05, 4.69) is 15.0 Å². The largest absolute Gasteiger partial charge is 0.479 e. The molecule has 0 fully saturated rings. The first kappa shape index (κ1) is 15.8. The van der Waals surface area contributed by atoms with E-state index in [4.69, 9.17) is 21.1 Å². The molecule has 0 aromatic carbocycles.